The number of aryl methyl sites for hydroxylation is 1. The standard InChI is InChI=1S/C25H31FN2O2S/c1-18-7-3-4-8-21(18)16-31-17-24(29)28(15-20-11-13-22(26)14-12-20)19(2)25(30)27-23-9-5-6-10-23/h3-4,7-8,11-14,19,23H,5-6,9-10,15-17H2,1-2H3,(H,27,30)/t19-/m1/s1. The molecule has 0 unspecified atom stereocenters. The molecule has 1 aliphatic carbocycles. The Morgan fingerprint density at radius 1 is 1.13 bits per heavy atom. The Balaban J connectivity index is 1.65. The molecule has 4 nitrogen and oxygen atoms in total. The highest BCUT2D eigenvalue weighted by molar-refractivity contribution is 7.99. The Bertz CT molecular complexity index is 881. The predicted molar refractivity (Wildman–Crippen MR) is 124 cm³/mol. The number of rotatable bonds is 9. The van der Waals surface area contributed by atoms with Crippen LogP contribution in [0, 0.1) is 12.7 Å². The van der Waals surface area contributed by atoms with Crippen LogP contribution >= 0.6 is 11.8 Å². The number of benzene rings is 2. The Hall–Kier alpha value is -2.34. The lowest BCUT2D eigenvalue weighted by atomic mass is 10.1. The summed E-state index contributed by atoms with van der Waals surface area (Å²) in [6.45, 7) is 4.12. The number of nitrogens with zero attached hydrogens (tertiary/aromatic N) is 1. The normalized spacial score (nSPS) is 14.9. The Labute approximate surface area is 188 Å². The van der Waals surface area contributed by atoms with Gasteiger partial charge in [-0.15, -0.1) is 11.8 Å². The summed E-state index contributed by atoms with van der Waals surface area (Å²) in [5.41, 5.74) is 3.21. The van der Waals surface area contributed by atoms with Gasteiger partial charge >= 0.3 is 0 Å². The molecule has 0 heterocycles. The van der Waals surface area contributed by atoms with E-state index in [0.717, 1.165) is 37.0 Å². The molecule has 1 saturated carbocycles. The molecule has 2 amide bonds. The zero-order valence-electron chi connectivity index (χ0n) is 18.3. The van der Waals surface area contributed by atoms with E-state index < -0.39 is 6.04 Å². The van der Waals surface area contributed by atoms with Gasteiger partial charge in [-0.3, -0.25) is 9.59 Å². The average Bonchev–Trinajstić information content (AvgIpc) is 3.27. The molecule has 3 rings (SSSR count). The lowest BCUT2D eigenvalue weighted by Crippen LogP contribution is -2.50. The average molecular weight is 443 g/mol. The van der Waals surface area contributed by atoms with Crippen molar-refractivity contribution in [2.24, 2.45) is 0 Å². The van der Waals surface area contributed by atoms with Gasteiger partial charge in [0.2, 0.25) is 11.8 Å². The minimum Gasteiger partial charge on any atom is -0.352 e. The second kappa shape index (κ2) is 11.3. The molecule has 6 heteroatoms. The zero-order chi connectivity index (χ0) is 22.2. The molecular formula is C25H31FN2O2S. The molecule has 0 saturated heterocycles. The first kappa shape index (κ1) is 23.3. The van der Waals surface area contributed by atoms with Crippen molar-refractivity contribution in [1.29, 1.82) is 0 Å². The van der Waals surface area contributed by atoms with Crippen molar-refractivity contribution < 1.29 is 14.0 Å². The van der Waals surface area contributed by atoms with Gasteiger partial charge in [-0.2, -0.15) is 0 Å². The number of carbonyl (C=O) groups is 2. The molecule has 2 aromatic rings. The Morgan fingerprint density at radius 2 is 1.81 bits per heavy atom. The van der Waals surface area contributed by atoms with Crippen LogP contribution in [0.5, 0.6) is 0 Å². The second-order valence-corrected chi connectivity index (χ2v) is 9.22. The molecular weight excluding hydrogens is 411 g/mol. The van der Waals surface area contributed by atoms with Crippen LogP contribution < -0.4 is 5.32 Å². The summed E-state index contributed by atoms with van der Waals surface area (Å²) in [6, 6.07) is 13.8. The monoisotopic (exact) mass is 442 g/mol. The summed E-state index contributed by atoms with van der Waals surface area (Å²) >= 11 is 1.55. The van der Waals surface area contributed by atoms with Crippen molar-refractivity contribution >= 4 is 23.6 Å². The van der Waals surface area contributed by atoms with Gasteiger partial charge in [-0.05, 0) is 55.5 Å². The van der Waals surface area contributed by atoms with Crippen LogP contribution in [0.3, 0.4) is 0 Å². The third kappa shape index (κ3) is 6.82. The van der Waals surface area contributed by atoms with Crippen LogP contribution in [0.1, 0.15) is 49.3 Å². The van der Waals surface area contributed by atoms with Crippen molar-refractivity contribution in [3.8, 4) is 0 Å². The third-order valence-electron chi connectivity index (χ3n) is 5.88. The lowest BCUT2D eigenvalue weighted by Gasteiger charge is -2.29. The number of amides is 2. The van der Waals surface area contributed by atoms with E-state index in [1.54, 1.807) is 35.7 Å². The number of nitrogens with one attached hydrogen (secondary N) is 1. The molecule has 1 N–H and O–H groups in total. The SMILES string of the molecule is Cc1ccccc1CSCC(=O)N(Cc1ccc(F)cc1)[C@H](C)C(=O)NC1CCCC1. The van der Waals surface area contributed by atoms with Gasteiger partial charge in [0.25, 0.3) is 0 Å². The van der Waals surface area contributed by atoms with Gasteiger partial charge < -0.3 is 10.2 Å². The molecule has 0 aromatic heterocycles. The van der Waals surface area contributed by atoms with Gasteiger partial charge in [0.05, 0.1) is 5.75 Å². The minimum absolute atomic E-state index is 0.0861. The molecule has 0 bridgehead atoms. The van der Waals surface area contributed by atoms with Crippen molar-refractivity contribution in [2.75, 3.05) is 5.75 Å². The van der Waals surface area contributed by atoms with Crippen LogP contribution in [-0.4, -0.2) is 34.6 Å². The molecule has 31 heavy (non-hydrogen) atoms. The highest BCUT2D eigenvalue weighted by atomic mass is 32.2. The summed E-state index contributed by atoms with van der Waals surface area (Å²) in [5, 5.41) is 3.10. The molecule has 0 spiro atoms. The van der Waals surface area contributed by atoms with Gasteiger partial charge in [-0.1, -0.05) is 49.2 Å². The number of thioether (sulfide) groups is 1. The summed E-state index contributed by atoms with van der Waals surface area (Å²) < 4.78 is 13.3. The van der Waals surface area contributed by atoms with E-state index in [4.69, 9.17) is 0 Å². The molecule has 2 aromatic carbocycles. The highest BCUT2D eigenvalue weighted by Gasteiger charge is 2.28. The van der Waals surface area contributed by atoms with Crippen LogP contribution in [0.2, 0.25) is 0 Å². The summed E-state index contributed by atoms with van der Waals surface area (Å²) in [4.78, 5) is 27.6. The van der Waals surface area contributed by atoms with E-state index in [9.17, 15) is 14.0 Å². The Morgan fingerprint density at radius 3 is 2.48 bits per heavy atom. The number of carbonyl (C=O) groups excluding carboxylic acids is 2. The van der Waals surface area contributed by atoms with Crippen LogP contribution in [0.15, 0.2) is 48.5 Å². The zero-order valence-corrected chi connectivity index (χ0v) is 19.1. The molecule has 0 aliphatic heterocycles. The van der Waals surface area contributed by atoms with Gasteiger partial charge in [0.1, 0.15) is 11.9 Å². The lowest BCUT2D eigenvalue weighted by molar-refractivity contribution is -0.138. The maximum atomic E-state index is 13.3. The quantitative estimate of drug-likeness (QED) is 0.604. The van der Waals surface area contributed by atoms with Gasteiger partial charge in [0, 0.05) is 18.3 Å². The van der Waals surface area contributed by atoms with E-state index in [1.807, 2.05) is 12.1 Å². The Kier molecular flexibility index (Phi) is 8.52. The van der Waals surface area contributed by atoms with Crippen LogP contribution in [-0.2, 0) is 21.9 Å². The van der Waals surface area contributed by atoms with Crippen LogP contribution in [0.25, 0.3) is 0 Å². The number of hydrogen-bond acceptors (Lipinski definition) is 3. The van der Waals surface area contributed by atoms with Gasteiger partial charge in [-0.25, -0.2) is 4.39 Å². The third-order valence-corrected chi connectivity index (χ3v) is 6.85. The van der Waals surface area contributed by atoms with Crippen molar-refractivity contribution in [1.82, 2.24) is 10.2 Å². The molecule has 1 fully saturated rings. The van der Waals surface area contributed by atoms with Crippen molar-refractivity contribution in [3.63, 3.8) is 0 Å². The molecule has 166 valence electrons. The van der Waals surface area contributed by atoms with E-state index >= 15 is 0 Å². The first-order valence-corrected chi connectivity index (χ1v) is 12.1. The smallest absolute Gasteiger partial charge is 0.242 e. The summed E-state index contributed by atoms with van der Waals surface area (Å²) in [6.07, 6.45) is 4.26. The van der Waals surface area contributed by atoms with Crippen molar-refractivity contribution in [3.05, 3.63) is 71.0 Å². The molecule has 1 atom stereocenters. The second-order valence-electron chi connectivity index (χ2n) is 8.23. The fraction of sp³-hybridized carbons (Fsp3) is 0.440. The summed E-state index contributed by atoms with van der Waals surface area (Å²) in [5.74, 6) is 0.507. The largest absolute Gasteiger partial charge is 0.352 e. The fourth-order valence-electron chi connectivity index (χ4n) is 3.86. The minimum atomic E-state index is -0.586. The van der Waals surface area contributed by atoms with E-state index in [0.29, 0.717) is 0 Å². The first-order chi connectivity index (χ1) is 14.9. The maximum Gasteiger partial charge on any atom is 0.242 e. The van der Waals surface area contributed by atoms with Gasteiger partial charge in [0.15, 0.2) is 0 Å². The van der Waals surface area contributed by atoms with E-state index in [2.05, 4.69) is 24.4 Å². The molecule has 0 radical (unpaired) electrons. The van der Waals surface area contributed by atoms with E-state index in [-0.39, 0.29) is 36.0 Å². The topological polar surface area (TPSA) is 49.4 Å². The van der Waals surface area contributed by atoms with Crippen LogP contribution in [0.4, 0.5) is 4.39 Å². The first-order valence-electron chi connectivity index (χ1n) is 10.9. The fourth-order valence-corrected chi connectivity index (χ4v) is 4.85. The highest BCUT2D eigenvalue weighted by Crippen LogP contribution is 2.20. The van der Waals surface area contributed by atoms with E-state index in [1.165, 1.54) is 23.3 Å². The maximum absolute atomic E-state index is 13.3. The molecule has 1 aliphatic rings. The number of hydrogen-bond donors (Lipinski definition) is 1. The summed E-state index contributed by atoms with van der Waals surface area (Å²) in [7, 11) is 0. The number of halogens is 1. The van der Waals surface area contributed by atoms with Crippen molar-refractivity contribution in [2.45, 2.75) is 63.9 Å². The predicted octanol–water partition coefficient (Wildman–Crippen LogP) is 4.84.